The minimum atomic E-state index is -0.342. The van der Waals surface area contributed by atoms with Gasteiger partial charge in [-0.25, -0.2) is 5.43 Å². The maximum atomic E-state index is 11.9. The second-order valence-corrected chi connectivity index (χ2v) is 5.83. The third kappa shape index (κ3) is 6.47. The average Bonchev–Trinajstić information content (AvgIpc) is 2.66. The van der Waals surface area contributed by atoms with Gasteiger partial charge in [0.1, 0.15) is 0 Å². The predicted molar refractivity (Wildman–Crippen MR) is 104 cm³/mol. The summed E-state index contributed by atoms with van der Waals surface area (Å²) in [5.41, 5.74) is 4.91. The van der Waals surface area contributed by atoms with Gasteiger partial charge in [0.2, 0.25) is 11.8 Å². The van der Waals surface area contributed by atoms with Crippen LogP contribution in [0.2, 0.25) is 0 Å². The Morgan fingerprint density at radius 2 is 1.74 bits per heavy atom. The van der Waals surface area contributed by atoms with Crippen LogP contribution >= 0.6 is 0 Å². The van der Waals surface area contributed by atoms with E-state index in [2.05, 4.69) is 15.8 Å². The number of ether oxygens (including phenoxy) is 2. The van der Waals surface area contributed by atoms with E-state index in [0.29, 0.717) is 17.2 Å². The number of aryl methyl sites for hydroxylation is 1. The van der Waals surface area contributed by atoms with Crippen molar-refractivity contribution >= 4 is 23.7 Å². The fraction of sp³-hybridized carbons (Fsp3) is 0.250. The Balaban J connectivity index is 1.78. The molecule has 7 nitrogen and oxygen atoms in total. The lowest BCUT2D eigenvalue weighted by atomic mass is 10.2. The largest absolute Gasteiger partial charge is 0.493 e. The predicted octanol–water partition coefficient (Wildman–Crippen LogP) is 2.88. The zero-order valence-electron chi connectivity index (χ0n) is 15.6. The molecule has 2 N–H and O–H groups in total. The molecule has 142 valence electrons. The van der Waals surface area contributed by atoms with Gasteiger partial charge in [0.15, 0.2) is 11.5 Å². The number of benzene rings is 2. The van der Waals surface area contributed by atoms with E-state index in [1.54, 1.807) is 38.5 Å². The van der Waals surface area contributed by atoms with Crippen molar-refractivity contribution in [3.8, 4) is 11.5 Å². The maximum absolute atomic E-state index is 11.9. The summed E-state index contributed by atoms with van der Waals surface area (Å²) in [5, 5.41) is 6.65. The van der Waals surface area contributed by atoms with E-state index in [0.717, 1.165) is 11.1 Å². The molecular weight excluding hydrogens is 346 g/mol. The number of anilines is 1. The van der Waals surface area contributed by atoms with Crippen molar-refractivity contribution in [3.63, 3.8) is 0 Å². The van der Waals surface area contributed by atoms with Gasteiger partial charge in [0, 0.05) is 18.5 Å². The van der Waals surface area contributed by atoms with Gasteiger partial charge in [-0.2, -0.15) is 5.10 Å². The van der Waals surface area contributed by atoms with Gasteiger partial charge >= 0.3 is 0 Å². The molecule has 27 heavy (non-hydrogen) atoms. The Bertz CT molecular complexity index is 834. The molecule has 0 unspecified atom stereocenters. The molecule has 0 heterocycles. The topological polar surface area (TPSA) is 89.0 Å². The zero-order chi connectivity index (χ0) is 19.6. The first-order valence-electron chi connectivity index (χ1n) is 8.42. The second kappa shape index (κ2) is 9.96. The van der Waals surface area contributed by atoms with Gasteiger partial charge < -0.3 is 14.8 Å². The number of methoxy groups -OCH3 is 2. The van der Waals surface area contributed by atoms with E-state index in [1.165, 1.54) is 6.21 Å². The Hall–Kier alpha value is -3.35. The second-order valence-electron chi connectivity index (χ2n) is 5.83. The lowest BCUT2D eigenvalue weighted by Crippen LogP contribution is -2.20. The number of nitrogens with one attached hydrogen (secondary N) is 2. The van der Waals surface area contributed by atoms with Crippen LogP contribution in [0.5, 0.6) is 11.5 Å². The molecule has 0 bridgehead atoms. The number of rotatable bonds is 8. The summed E-state index contributed by atoms with van der Waals surface area (Å²) in [7, 11) is 3.10. The first-order chi connectivity index (χ1) is 13.0. The normalized spacial score (nSPS) is 10.5. The average molecular weight is 369 g/mol. The van der Waals surface area contributed by atoms with E-state index in [9.17, 15) is 9.59 Å². The molecule has 2 aromatic rings. The number of hydrazone groups is 1. The van der Waals surface area contributed by atoms with Gasteiger partial charge in [0.25, 0.3) is 0 Å². The molecule has 0 spiro atoms. The van der Waals surface area contributed by atoms with E-state index in [-0.39, 0.29) is 24.7 Å². The highest BCUT2D eigenvalue weighted by molar-refractivity contribution is 5.93. The van der Waals surface area contributed by atoms with Gasteiger partial charge in [-0.05, 0) is 48.4 Å². The van der Waals surface area contributed by atoms with Gasteiger partial charge in [0.05, 0.1) is 20.4 Å². The van der Waals surface area contributed by atoms with Gasteiger partial charge in [-0.1, -0.05) is 12.1 Å². The summed E-state index contributed by atoms with van der Waals surface area (Å²) in [4.78, 5) is 23.7. The van der Waals surface area contributed by atoms with Crippen molar-refractivity contribution in [2.45, 2.75) is 19.8 Å². The van der Waals surface area contributed by atoms with Crippen LogP contribution in [0.4, 0.5) is 5.69 Å². The van der Waals surface area contributed by atoms with Crippen LogP contribution < -0.4 is 20.2 Å². The van der Waals surface area contributed by atoms with Crippen LogP contribution in [-0.4, -0.2) is 32.2 Å². The van der Waals surface area contributed by atoms with Crippen molar-refractivity contribution in [1.29, 1.82) is 0 Å². The van der Waals surface area contributed by atoms with E-state index >= 15 is 0 Å². The Morgan fingerprint density at radius 1 is 1.00 bits per heavy atom. The number of hydrogen-bond donors (Lipinski definition) is 2. The third-order valence-corrected chi connectivity index (χ3v) is 3.69. The SMILES string of the molecule is COc1ccc(/C=N\NC(=O)CCC(=O)Nc2cccc(C)c2)cc1OC. The zero-order valence-corrected chi connectivity index (χ0v) is 15.6. The van der Waals surface area contributed by atoms with E-state index in [4.69, 9.17) is 9.47 Å². The Labute approximate surface area is 158 Å². The first-order valence-corrected chi connectivity index (χ1v) is 8.42. The lowest BCUT2D eigenvalue weighted by molar-refractivity contribution is -0.124. The highest BCUT2D eigenvalue weighted by Crippen LogP contribution is 2.26. The molecule has 0 saturated carbocycles. The van der Waals surface area contributed by atoms with Crippen LogP contribution in [0.25, 0.3) is 0 Å². The molecule has 7 heteroatoms. The smallest absolute Gasteiger partial charge is 0.240 e. The van der Waals surface area contributed by atoms with Gasteiger partial charge in [-0.3, -0.25) is 9.59 Å². The summed E-state index contributed by atoms with van der Waals surface area (Å²) >= 11 is 0. The third-order valence-electron chi connectivity index (χ3n) is 3.69. The molecule has 2 aromatic carbocycles. The van der Waals surface area contributed by atoms with Crippen LogP contribution in [0.3, 0.4) is 0 Å². The minimum Gasteiger partial charge on any atom is -0.493 e. The summed E-state index contributed by atoms with van der Waals surface area (Å²) in [6.07, 6.45) is 1.61. The van der Waals surface area contributed by atoms with E-state index < -0.39 is 0 Å². The van der Waals surface area contributed by atoms with Crippen molar-refractivity contribution in [2.75, 3.05) is 19.5 Å². The van der Waals surface area contributed by atoms with Crippen LogP contribution in [0.1, 0.15) is 24.0 Å². The van der Waals surface area contributed by atoms with Crippen molar-refractivity contribution in [3.05, 3.63) is 53.6 Å². The number of carbonyl (C=O) groups excluding carboxylic acids is 2. The molecule has 0 aliphatic rings. The molecule has 0 fully saturated rings. The number of nitrogens with zero attached hydrogens (tertiary/aromatic N) is 1. The maximum Gasteiger partial charge on any atom is 0.240 e. The molecular formula is C20H23N3O4. The number of carbonyl (C=O) groups is 2. The fourth-order valence-corrected chi connectivity index (χ4v) is 2.34. The Morgan fingerprint density at radius 3 is 2.44 bits per heavy atom. The standard InChI is InChI=1S/C20H23N3O4/c1-14-5-4-6-16(11-14)22-19(24)9-10-20(25)23-21-13-15-7-8-17(26-2)18(12-15)27-3/h4-8,11-13H,9-10H2,1-3H3,(H,22,24)(H,23,25)/b21-13-. The fourth-order valence-electron chi connectivity index (χ4n) is 2.34. The quantitative estimate of drug-likeness (QED) is 0.553. The lowest BCUT2D eigenvalue weighted by Gasteiger charge is -2.07. The Kier molecular flexibility index (Phi) is 7.37. The first kappa shape index (κ1) is 20.0. The van der Waals surface area contributed by atoms with Crippen molar-refractivity contribution < 1.29 is 19.1 Å². The number of amides is 2. The van der Waals surface area contributed by atoms with E-state index in [1.807, 2.05) is 25.1 Å². The molecule has 2 amide bonds. The van der Waals surface area contributed by atoms with Crippen LogP contribution in [-0.2, 0) is 9.59 Å². The van der Waals surface area contributed by atoms with Crippen LogP contribution in [0, 0.1) is 6.92 Å². The summed E-state index contributed by atoms with van der Waals surface area (Å²) in [6.45, 7) is 1.94. The molecule has 0 atom stereocenters. The van der Waals surface area contributed by atoms with Crippen molar-refractivity contribution in [1.82, 2.24) is 5.43 Å². The highest BCUT2D eigenvalue weighted by atomic mass is 16.5. The highest BCUT2D eigenvalue weighted by Gasteiger charge is 2.07. The summed E-state index contributed by atoms with van der Waals surface area (Å²) < 4.78 is 10.4. The van der Waals surface area contributed by atoms with Gasteiger partial charge in [-0.15, -0.1) is 0 Å². The molecule has 0 aliphatic heterocycles. The molecule has 0 aliphatic carbocycles. The molecule has 2 rings (SSSR count). The number of hydrogen-bond acceptors (Lipinski definition) is 5. The molecule has 0 aromatic heterocycles. The van der Waals surface area contributed by atoms with Crippen LogP contribution in [0.15, 0.2) is 47.6 Å². The monoisotopic (exact) mass is 369 g/mol. The van der Waals surface area contributed by atoms with Crippen molar-refractivity contribution in [2.24, 2.45) is 5.10 Å². The molecule has 0 radical (unpaired) electrons. The molecule has 0 saturated heterocycles. The summed E-state index contributed by atoms with van der Waals surface area (Å²) in [5.74, 6) is 0.615. The minimum absolute atomic E-state index is 0.0426. The summed E-state index contributed by atoms with van der Waals surface area (Å²) in [6, 6.07) is 12.7.